The number of nitrogens with zero attached hydrogens (tertiary/aromatic N) is 1. The summed E-state index contributed by atoms with van der Waals surface area (Å²) < 4.78 is 0. The lowest BCUT2D eigenvalue weighted by Crippen LogP contribution is -2.40. The van der Waals surface area contributed by atoms with Crippen LogP contribution in [-0.2, 0) is 6.54 Å². The number of anilines is 1. The highest BCUT2D eigenvalue weighted by atomic mass is 16.1. The van der Waals surface area contributed by atoms with E-state index in [1.165, 1.54) is 12.0 Å². The van der Waals surface area contributed by atoms with Gasteiger partial charge in [0.15, 0.2) is 0 Å². The van der Waals surface area contributed by atoms with Crippen molar-refractivity contribution >= 4 is 11.6 Å². The third-order valence-electron chi connectivity index (χ3n) is 4.43. The van der Waals surface area contributed by atoms with Crippen molar-refractivity contribution in [3.8, 4) is 0 Å². The Labute approximate surface area is 137 Å². The van der Waals surface area contributed by atoms with E-state index in [0.29, 0.717) is 23.8 Å². The summed E-state index contributed by atoms with van der Waals surface area (Å²) in [4.78, 5) is 14.7. The molecular formula is C19H23N3O. The van der Waals surface area contributed by atoms with Gasteiger partial charge in [-0.2, -0.15) is 0 Å². The SMILES string of the molecule is Nc1ccccc1C(=O)NCC1CCCN1Cc1ccccc1. The maximum atomic E-state index is 12.3. The van der Waals surface area contributed by atoms with Gasteiger partial charge in [-0.05, 0) is 37.1 Å². The van der Waals surface area contributed by atoms with Crippen LogP contribution in [0.2, 0.25) is 0 Å². The topological polar surface area (TPSA) is 58.4 Å². The van der Waals surface area contributed by atoms with Crippen LogP contribution in [0.4, 0.5) is 5.69 Å². The van der Waals surface area contributed by atoms with Crippen LogP contribution >= 0.6 is 0 Å². The summed E-state index contributed by atoms with van der Waals surface area (Å²) in [5, 5.41) is 3.04. The molecule has 1 fully saturated rings. The van der Waals surface area contributed by atoms with Gasteiger partial charge < -0.3 is 11.1 Å². The smallest absolute Gasteiger partial charge is 0.253 e. The summed E-state index contributed by atoms with van der Waals surface area (Å²) in [6, 6.07) is 18.1. The van der Waals surface area contributed by atoms with E-state index in [0.717, 1.165) is 19.5 Å². The molecule has 1 atom stereocenters. The number of carbonyl (C=O) groups excluding carboxylic acids is 1. The van der Waals surface area contributed by atoms with Crippen molar-refractivity contribution in [2.45, 2.75) is 25.4 Å². The largest absolute Gasteiger partial charge is 0.398 e. The number of hydrogen-bond donors (Lipinski definition) is 2. The van der Waals surface area contributed by atoms with Crippen molar-refractivity contribution in [2.75, 3.05) is 18.8 Å². The second-order valence-corrected chi connectivity index (χ2v) is 6.05. The molecule has 1 heterocycles. The monoisotopic (exact) mass is 309 g/mol. The zero-order valence-electron chi connectivity index (χ0n) is 13.2. The number of rotatable bonds is 5. The van der Waals surface area contributed by atoms with Gasteiger partial charge in [0, 0.05) is 24.8 Å². The van der Waals surface area contributed by atoms with Gasteiger partial charge in [0.05, 0.1) is 5.56 Å². The van der Waals surface area contributed by atoms with Crippen molar-refractivity contribution in [3.63, 3.8) is 0 Å². The van der Waals surface area contributed by atoms with Crippen LogP contribution in [0.1, 0.15) is 28.8 Å². The molecule has 0 bridgehead atoms. The van der Waals surface area contributed by atoms with Crippen molar-refractivity contribution in [1.29, 1.82) is 0 Å². The zero-order valence-corrected chi connectivity index (χ0v) is 13.2. The number of amides is 1. The molecule has 0 aliphatic carbocycles. The fraction of sp³-hybridized carbons (Fsp3) is 0.316. The average Bonchev–Trinajstić information content (AvgIpc) is 3.01. The van der Waals surface area contributed by atoms with E-state index in [9.17, 15) is 4.79 Å². The summed E-state index contributed by atoms with van der Waals surface area (Å²) >= 11 is 0. The molecule has 4 heteroatoms. The second-order valence-electron chi connectivity index (χ2n) is 6.05. The van der Waals surface area contributed by atoms with Gasteiger partial charge in [0.25, 0.3) is 5.91 Å². The Morgan fingerprint density at radius 1 is 1.13 bits per heavy atom. The number of benzene rings is 2. The molecule has 1 aliphatic rings. The fourth-order valence-electron chi connectivity index (χ4n) is 3.16. The van der Waals surface area contributed by atoms with Crippen LogP contribution in [0.3, 0.4) is 0 Å². The quantitative estimate of drug-likeness (QED) is 0.835. The van der Waals surface area contributed by atoms with E-state index in [4.69, 9.17) is 5.73 Å². The summed E-state index contributed by atoms with van der Waals surface area (Å²) in [6.07, 6.45) is 2.30. The van der Waals surface area contributed by atoms with Crippen LogP contribution in [0.5, 0.6) is 0 Å². The first-order valence-corrected chi connectivity index (χ1v) is 8.15. The molecular weight excluding hydrogens is 286 g/mol. The van der Waals surface area contributed by atoms with Gasteiger partial charge in [0.1, 0.15) is 0 Å². The lowest BCUT2D eigenvalue weighted by Gasteiger charge is -2.25. The summed E-state index contributed by atoms with van der Waals surface area (Å²) in [5.74, 6) is -0.0883. The minimum absolute atomic E-state index is 0.0883. The number of likely N-dealkylation sites (tertiary alicyclic amines) is 1. The predicted molar refractivity (Wildman–Crippen MR) is 93.1 cm³/mol. The van der Waals surface area contributed by atoms with Crippen molar-refractivity contribution in [3.05, 3.63) is 65.7 Å². The van der Waals surface area contributed by atoms with Gasteiger partial charge in [-0.3, -0.25) is 9.69 Å². The molecule has 2 aromatic rings. The molecule has 1 unspecified atom stereocenters. The number of para-hydroxylation sites is 1. The molecule has 1 saturated heterocycles. The third kappa shape index (κ3) is 3.90. The zero-order chi connectivity index (χ0) is 16.1. The Kier molecular flexibility index (Phi) is 4.93. The normalized spacial score (nSPS) is 18.0. The van der Waals surface area contributed by atoms with Crippen LogP contribution in [0.25, 0.3) is 0 Å². The molecule has 0 aromatic heterocycles. The first-order chi connectivity index (χ1) is 11.2. The highest BCUT2D eigenvalue weighted by Gasteiger charge is 2.25. The molecule has 4 nitrogen and oxygen atoms in total. The fourth-order valence-corrected chi connectivity index (χ4v) is 3.16. The van der Waals surface area contributed by atoms with E-state index in [1.807, 2.05) is 18.2 Å². The van der Waals surface area contributed by atoms with Crippen LogP contribution in [0, 0.1) is 0 Å². The maximum absolute atomic E-state index is 12.3. The lowest BCUT2D eigenvalue weighted by molar-refractivity contribution is 0.0940. The van der Waals surface area contributed by atoms with E-state index in [1.54, 1.807) is 12.1 Å². The highest BCUT2D eigenvalue weighted by molar-refractivity contribution is 5.99. The third-order valence-corrected chi connectivity index (χ3v) is 4.43. The number of hydrogen-bond acceptors (Lipinski definition) is 3. The molecule has 3 N–H and O–H groups in total. The number of nitrogen functional groups attached to an aromatic ring is 1. The second kappa shape index (κ2) is 7.29. The molecule has 0 spiro atoms. The maximum Gasteiger partial charge on any atom is 0.253 e. The number of nitrogens with one attached hydrogen (secondary N) is 1. The Hall–Kier alpha value is -2.33. The molecule has 1 aliphatic heterocycles. The lowest BCUT2D eigenvalue weighted by atomic mass is 10.1. The minimum atomic E-state index is -0.0883. The average molecular weight is 309 g/mol. The molecule has 0 saturated carbocycles. The van der Waals surface area contributed by atoms with Gasteiger partial charge in [-0.1, -0.05) is 42.5 Å². The van der Waals surface area contributed by atoms with Crippen molar-refractivity contribution in [2.24, 2.45) is 0 Å². The van der Waals surface area contributed by atoms with Crippen LogP contribution in [-0.4, -0.2) is 29.9 Å². The molecule has 23 heavy (non-hydrogen) atoms. The predicted octanol–water partition coefficient (Wildman–Crippen LogP) is 2.66. The molecule has 2 aromatic carbocycles. The highest BCUT2D eigenvalue weighted by Crippen LogP contribution is 2.20. The van der Waals surface area contributed by atoms with Gasteiger partial charge in [0.2, 0.25) is 0 Å². The summed E-state index contributed by atoms with van der Waals surface area (Å²) in [7, 11) is 0. The van der Waals surface area contributed by atoms with Crippen LogP contribution in [0.15, 0.2) is 54.6 Å². The van der Waals surface area contributed by atoms with E-state index in [2.05, 4.69) is 34.5 Å². The molecule has 0 radical (unpaired) electrons. The van der Waals surface area contributed by atoms with E-state index >= 15 is 0 Å². The van der Waals surface area contributed by atoms with Crippen molar-refractivity contribution in [1.82, 2.24) is 10.2 Å². The van der Waals surface area contributed by atoms with Gasteiger partial charge >= 0.3 is 0 Å². The molecule has 3 rings (SSSR count). The Bertz CT molecular complexity index is 657. The molecule has 1 amide bonds. The molecule has 120 valence electrons. The minimum Gasteiger partial charge on any atom is -0.398 e. The van der Waals surface area contributed by atoms with E-state index < -0.39 is 0 Å². The van der Waals surface area contributed by atoms with Crippen LogP contribution < -0.4 is 11.1 Å². The van der Waals surface area contributed by atoms with E-state index in [-0.39, 0.29) is 5.91 Å². The van der Waals surface area contributed by atoms with Gasteiger partial charge in [-0.25, -0.2) is 0 Å². The summed E-state index contributed by atoms with van der Waals surface area (Å²) in [5.41, 5.74) is 8.26. The Morgan fingerprint density at radius 3 is 2.65 bits per heavy atom. The number of carbonyl (C=O) groups is 1. The first kappa shape index (κ1) is 15.6. The van der Waals surface area contributed by atoms with Gasteiger partial charge in [-0.15, -0.1) is 0 Å². The Morgan fingerprint density at radius 2 is 1.87 bits per heavy atom. The Balaban J connectivity index is 1.57. The first-order valence-electron chi connectivity index (χ1n) is 8.15. The standard InChI is InChI=1S/C19H23N3O/c20-18-11-5-4-10-17(18)19(23)21-13-16-9-6-12-22(16)14-15-7-2-1-3-8-15/h1-5,7-8,10-11,16H,6,9,12-14,20H2,(H,21,23). The number of nitrogens with two attached hydrogens (primary N) is 1. The van der Waals surface area contributed by atoms with Crippen molar-refractivity contribution < 1.29 is 4.79 Å². The summed E-state index contributed by atoms with van der Waals surface area (Å²) in [6.45, 7) is 2.69.